The Labute approximate surface area is 85.5 Å². The third-order valence-corrected chi connectivity index (χ3v) is 2.38. The average molecular weight is 216 g/mol. The highest BCUT2D eigenvalue weighted by Gasteiger charge is 2.34. The maximum atomic E-state index is 12.6. The molecule has 0 aliphatic carbocycles. The summed E-state index contributed by atoms with van der Waals surface area (Å²) in [6.07, 6.45) is -4.29. The molecule has 0 saturated heterocycles. The molecule has 2 nitrogen and oxygen atoms in total. The van der Waals surface area contributed by atoms with Gasteiger partial charge in [0.15, 0.2) is 0 Å². The molecule has 1 aliphatic heterocycles. The number of benzene rings is 1. The van der Waals surface area contributed by atoms with Crippen molar-refractivity contribution in [2.45, 2.75) is 12.7 Å². The Morgan fingerprint density at radius 2 is 1.93 bits per heavy atom. The minimum atomic E-state index is -4.29. The van der Waals surface area contributed by atoms with Crippen molar-refractivity contribution in [2.75, 3.05) is 18.4 Å². The number of hydrogen-bond donors (Lipinski definition) is 2. The van der Waals surface area contributed by atoms with E-state index in [0.717, 1.165) is 6.07 Å². The van der Waals surface area contributed by atoms with Crippen LogP contribution in [0.5, 0.6) is 0 Å². The van der Waals surface area contributed by atoms with Gasteiger partial charge in [-0.1, -0.05) is 12.1 Å². The zero-order valence-corrected chi connectivity index (χ0v) is 7.99. The summed E-state index contributed by atoms with van der Waals surface area (Å²) in [7, 11) is 0. The molecule has 0 amide bonds. The maximum absolute atomic E-state index is 12.6. The zero-order valence-electron chi connectivity index (χ0n) is 7.99. The van der Waals surface area contributed by atoms with Gasteiger partial charge in [-0.05, 0) is 11.6 Å². The monoisotopic (exact) mass is 216 g/mol. The Hall–Kier alpha value is -1.23. The van der Waals surface area contributed by atoms with Crippen molar-refractivity contribution in [2.24, 2.45) is 0 Å². The van der Waals surface area contributed by atoms with Crippen LogP contribution in [0.3, 0.4) is 0 Å². The van der Waals surface area contributed by atoms with Crippen molar-refractivity contribution < 1.29 is 13.2 Å². The second-order valence-corrected chi connectivity index (χ2v) is 3.44. The van der Waals surface area contributed by atoms with Crippen LogP contribution in [0, 0.1) is 0 Å². The summed E-state index contributed by atoms with van der Waals surface area (Å²) in [5.74, 6) is 0. The lowest BCUT2D eigenvalue weighted by Crippen LogP contribution is -2.17. The first-order valence-corrected chi connectivity index (χ1v) is 4.73. The van der Waals surface area contributed by atoms with Gasteiger partial charge in [0.25, 0.3) is 0 Å². The zero-order chi connectivity index (χ0) is 10.9. The van der Waals surface area contributed by atoms with Gasteiger partial charge in [-0.2, -0.15) is 13.2 Å². The van der Waals surface area contributed by atoms with Crippen molar-refractivity contribution >= 4 is 5.69 Å². The van der Waals surface area contributed by atoms with Gasteiger partial charge in [-0.15, -0.1) is 0 Å². The van der Waals surface area contributed by atoms with Crippen molar-refractivity contribution in [3.8, 4) is 0 Å². The largest absolute Gasteiger partial charge is 0.418 e. The molecular weight excluding hydrogens is 205 g/mol. The molecule has 0 radical (unpaired) electrons. The standard InChI is InChI=1S/C10H11F3N2/c11-10(12,13)8-3-1-2-7-6-14-4-5-15-9(7)8/h1-3,14-15H,4-6H2. The number of nitrogens with one attached hydrogen (secondary N) is 2. The minimum absolute atomic E-state index is 0.218. The highest BCUT2D eigenvalue weighted by Crippen LogP contribution is 2.36. The molecule has 1 aromatic carbocycles. The topological polar surface area (TPSA) is 24.1 Å². The second kappa shape index (κ2) is 3.73. The Balaban J connectivity index is 2.48. The maximum Gasteiger partial charge on any atom is 0.418 e. The van der Waals surface area contributed by atoms with E-state index in [1.807, 2.05) is 0 Å². The molecule has 0 aromatic heterocycles. The molecule has 15 heavy (non-hydrogen) atoms. The summed E-state index contributed by atoms with van der Waals surface area (Å²) in [5.41, 5.74) is 0.307. The van der Waals surface area contributed by atoms with Gasteiger partial charge in [0.1, 0.15) is 0 Å². The van der Waals surface area contributed by atoms with E-state index in [0.29, 0.717) is 25.2 Å². The molecule has 0 bridgehead atoms. The predicted molar refractivity (Wildman–Crippen MR) is 51.6 cm³/mol. The van der Waals surface area contributed by atoms with E-state index in [-0.39, 0.29) is 5.69 Å². The van der Waals surface area contributed by atoms with Crippen LogP contribution in [0.4, 0.5) is 18.9 Å². The molecule has 5 heteroatoms. The Kier molecular flexibility index (Phi) is 2.56. The van der Waals surface area contributed by atoms with Crippen molar-refractivity contribution in [3.05, 3.63) is 29.3 Å². The molecule has 1 aromatic rings. The fraction of sp³-hybridized carbons (Fsp3) is 0.400. The summed E-state index contributed by atoms with van der Waals surface area (Å²) < 4.78 is 37.9. The van der Waals surface area contributed by atoms with Crippen molar-refractivity contribution in [1.29, 1.82) is 0 Å². The molecule has 0 fully saturated rings. The van der Waals surface area contributed by atoms with E-state index in [1.165, 1.54) is 6.07 Å². The molecular formula is C10H11F3N2. The van der Waals surface area contributed by atoms with Crippen LogP contribution in [0.2, 0.25) is 0 Å². The summed E-state index contributed by atoms with van der Waals surface area (Å²) in [5, 5.41) is 5.87. The fourth-order valence-corrected chi connectivity index (χ4v) is 1.69. The van der Waals surface area contributed by atoms with Crippen LogP contribution < -0.4 is 10.6 Å². The van der Waals surface area contributed by atoms with E-state index in [4.69, 9.17) is 0 Å². The number of alkyl halides is 3. The fourth-order valence-electron chi connectivity index (χ4n) is 1.69. The van der Waals surface area contributed by atoms with Gasteiger partial charge in [0.05, 0.1) is 11.3 Å². The summed E-state index contributed by atoms with van der Waals surface area (Å²) in [4.78, 5) is 0. The molecule has 0 spiro atoms. The van der Waals surface area contributed by atoms with E-state index in [1.54, 1.807) is 6.07 Å². The third kappa shape index (κ3) is 2.07. The first-order chi connectivity index (χ1) is 7.09. The second-order valence-electron chi connectivity index (χ2n) is 3.44. The lowest BCUT2D eigenvalue weighted by Gasteiger charge is -2.15. The van der Waals surface area contributed by atoms with Crippen LogP contribution in [0.25, 0.3) is 0 Å². The molecule has 1 heterocycles. The number of halogens is 3. The van der Waals surface area contributed by atoms with Crippen molar-refractivity contribution in [3.63, 3.8) is 0 Å². The Bertz CT molecular complexity index is 360. The minimum Gasteiger partial charge on any atom is -0.383 e. The normalized spacial score (nSPS) is 16.5. The number of rotatable bonds is 0. The van der Waals surface area contributed by atoms with E-state index in [2.05, 4.69) is 10.6 Å². The van der Waals surface area contributed by atoms with Crippen LogP contribution in [-0.4, -0.2) is 13.1 Å². The summed E-state index contributed by atoms with van der Waals surface area (Å²) >= 11 is 0. The van der Waals surface area contributed by atoms with E-state index >= 15 is 0 Å². The van der Waals surface area contributed by atoms with Gasteiger partial charge in [-0.25, -0.2) is 0 Å². The molecule has 2 rings (SSSR count). The highest BCUT2D eigenvalue weighted by atomic mass is 19.4. The van der Waals surface area contributed by atoms with Gasteiger partial charge >= 0.3 is 6.18 Å². The van der Waals surface area contributed by atoms with E-state index < -0.39 is 11.7 Å². The van der Waals surface area contributed by atoms with Crippen LogP contribution >= 0.6 is 0 Å². The first kappa shape index (κ1) is 10.3. The predicted octanol–water partition coefficient (Wildman–Crippen LogP) is 2.22. The van der Waals surface area contributed by atoms with Gasteiger partial charge in [0, 0.05) is 19.6 Å². The number of hydrogen-bond acceptors (Lipinski definition) is 2. The van der Waals surface area contributed by atoms with Crippen LogP contribution in [0.15, 0.2) is 18.2 Å². The lowest BCUT2D eigenvalue weighted by atomic mass is 10.1. The van der Waals surface area contributed by atoms with Gasteiger partial charge in [-0.3, -0.25) is 0 Å². The average Bonchev–Trinajstić information content (AvgIpc) is 2.39. The molecule has 82 valence electrons. The SMILES string of the molecule is FC(F)(F)c1cccc2c1NCCNC2. The molecule has 1 aliphatic rings. The smallest absolute Gasteiger partial charge is 0.383 e. The number of para-hydroxylation sites is 1. The quantitative estimate of drug-likeness (QED) is 0.694. The highest BCUT2D eigenvalue weighted by molar-refractivity contribution is 5.59. The molecule has 0 saturated carbocycles. The Morgan fingerprint density at radius 3 is 2.67 bits per heavy atom. The van der Waals surface area contributed by atoms with Crippen LogP contribution in [0.1, 0.15) is 11.1 Å². The number of anilines is 1. The molecule has 0 unspecified atom stereocenters. The first-order valence-electron chi connectivity index (χ1n) is 4.73. The summed E-state index contributed by atoms with van der Waals surface area (Å²) in [6.45, 7) is 1.67. The summed E-state index contributed by atoms with van der Waals surface area (Å²) in [6, 6.07) is 4.25. The third-order valence-electron chi connectivity index (χ3n) is 2.38. The Morgan fingerprint density at radius 1 is 1.13 bits per heavy atom. The molecule has 0 atom stereocenters. The van der Waals surface area contributed by atoms with E-state index in [9.17, 15) is 13.2 Å². The lowest BCUT2D eigenvalue weighted by molar-refractivity contribution is -0.137. The van der Waals surface area contributed by atoms with Gasteiger partial charge in [0.2, 0.25) is 0 Å². The van der Waals surface area contributed by atoms with Gasteiger partial charge < -0.3 is 10.6 Å². The number of fused-ring (bicyclic) bond motifs is 1. The van der Waals surface area contributed by atoms with Crippen molar-refractivity contribution in [1.82, 2.24) is 5.32 Å². The molecule has 2 N–H and O–H groups in total. The van der Waals surface area contributed by atoms with Crippen LogP contribution in [-0.2, 0) is 12.7 Å².